The molecule has 0 heterocycles. The van der Waals surface area contributed by atoms with Crippen molar-refractivity contribution in [1.29, 1.82) is 0 Å². The molecular weight excluding hydrogens is 272 g/mol. The first-order chi connectivity index (χ1) is 10.3. The quantitative estimate of drug-likeness (QED) is 0.165. The predicted octanol–water partition coefficient (Wildman–Crippen LogP) is 2.81. The molecule has 7 heteroatoms. The zero-order valence-corrected chi connectivity index (χ0v) is 13.1. The first-order valence-electron chi connectivity index (χ1n) is 7.76. The Kier molecular flexibility index (Phi) is 15.7. The number of esters is 1. The number of nitrogens with zero attached hydrogens (tertiary/aromatic N) is 3. The Balaban J connectivity index is 3.05. The highest BCUT2D eigenvalue weighted by Crippen LogP contribution is 2.05. The molecule has 7 nitrogen and oxygen atoms in total. The molecule has 1 N–H and O–H groups in total. The topological polar surface area (TPSA) is 96.3 Å². The molecular formula is C14H28N4O3. The number of hydrogen-bond donors (Lipinski definition) is 1. The van der Waals surface area contributed by atoms with Crippen molar-refractivity contribution >= 4 is 5.97 Å². The van der Waals surface area contributed by atoms with Crippen LogP contribution in [-0.2, 0) is 14.3 Å². The number of rotatable bonds is 15. The van der Waals surface area contributed by atoms with E-state index < -0.39 is 0 Å². The summed E-state index contributed by atoms with van der Waals surface area (Å²) >= 11 is 0. The minimum atomic E-state index is -0.0837. The summed E-state index contributed by atoms with van der Waals surface area (Å²) in [4.78, 5) is 13.7. The summed E-state index contributed by atoms with van der Waals surface area (Å²) < 4.78 is 10.1. The van der Waals surface area contributed by atoms with Crippen LogP contribution in [0.15, 0.2) is 5.11 Å². The standard InChI is InChI=1S/C14H28N4O3/c1-2-21-14(19)8-6-4-3-5-7-9-16-10-12-20-13-11-17-18-15/h16H,2-13H2,1H3. The molecule has 0 aromatic rings. The highest BCUT2D eigenvalue weighted by Gasteiger charge is 2.00. The van der Waals surface area contributed by atoms with Gasteiger partial charge in [-0.2, -0.15) is 0 Å². The van der Waals surface area contributed by atoms with Crippen LogP contribution in [0.1, 0.15) is 45.4 Å². The molecule has 0 aliphatic heterocycles. The molecule has 0 saturated heterocycles. The highest BCUT2D eigenvalue weighted by molar-refractivity contribution is 5.69. The number of ether oxygens (including phenoxy) is 2. The molecule has 0 aliphatic carbocycles. The van der Waals surface area contributed by atoms with Gasteiger partial charge in [0.15, 0.2) is 0 Å². The van der Waals surface area contributed by atoms with Crippen molar-refractivity contribution in [2.75, 3.05) is 39.5 Å². The third-order valence-electron chi connectivity index (χ3n) is 2.86. The van der Waals surface area contributed by atoms with Gasteiger partial charge in [-0.1, -0.05) is 24.4 Å². The number of unbranched alkanes of at least 4 members (excludes halogenated alkanes) is 4. The lowest BCUT2D eigenvalue weighted by Gasteiger charge is -2.05. The summed E-state index contributed by atoms with van der Waals surface area (Å²) in [6, 6.07) is 0. The molecule has 21 heavy (non-hydrogen) atoms. The number of azide groups is 1. The third kappa shape index (κ3) is 16.6. The van der Waals surface area contributed by atoms with Gasteiger partial charge in [0, 0.05) is 24.4 Å². The molecule has 0 aromatic carbocycles. The van der Waals surface area contributed by atoms with Crippen LogP contribution in [0.25, 0.3) is 10.4 Å². The molecule has 0 fully saturated rings. The second kappa shape index (κ2) is 16.8. The Morgan fingerprint density at radius 1 is 1.14 bits per heavy atom. The Hall–Kier alpha value is -1.30. The van der Waals surface area contributed by atoms with Gasteiger partial charge >= 0.3 is 5.97 Å². The Labute approximate surface area is 127 Å². The molecule has 0 radical (unpaired) electrons. The lowest BCUT2D eigenvalue weighted by molar-refractivity contribution is -0.143. The summed E-state index contributed by atoms with van der Waals surface area (Å²) in [5.41, 5.74) is 8.06. The molecule has 0 spiro atoms. The molecule has 0 atom stereocenters. The molecule has 0 bridgehead atoms. The van der Waals surface area contributed by atoms with Gasteiger partial charge in [0.2, 0.25) is 0 Å². The van der Waals surface area contributed by atoms with Crippen molar-refractivity contribution in [2.24, 2.45) is 5.11 Å². The van der Waals surface area contributed by atoms with Crippen molar-refractivity contribution in [2.45, 2.75) is 45.4 Å². The van der Waals surface area contributed by atoms with Crippen molar-refractivity contribution in [3.05, 3.63) is 10.4 Å². The number of carbonyl (C=O) groups is 1. The van der Waals surface area contributed by atoms with Gasteiger partial charge in [0.05, 0.1) is 19.8 Å². The van der Waals surface area contributed by atoms with E-state index in [-0.39, 0.29) is 5.97 Å². The molecule has 0 aliphatic rings. The summed E-state index contributed by atoms with van der Waals surface area (Å²) in [5, 5.41) is 6.68. The average molecular weight is 300 g/mol. The van der Waals surface area contributed by atoms with Crippen molar-refractivity contribution < 1.29 is 14.3 Å². The van der Waals surface area contributed by atoms with Crippen LogP contribution in [0, 0.1) is 0 Å². The average Bonchev–Trinajstić information content (AvgIpc) is 2.48. The highest BCUT2D eigenvalue weighted by atomic mass is 16.5. The fraction of sp³-hybridized carbons (Fsp3) is 0.929. The maximum Gasteiger partial charge on any atom is 0.305 e. The van der Waals surface area contributed by atoms with Gasteiger partial charge in [-0.05, 0) is 31.8 Å². The van der Waals surface area contributed by atoms with Crippen LogP contribution in [0.4, 0.5) is 0 Å². The van der Waals surface area contributed by atoms with E-state index in [2.05, 4.69) is 15.3 Å². The van der Waals surface area contributed by atoms with Gasteiger partial charge < -0.3 is 14.8 Å². The maximum atomic E-state index is 11.1. The zero-order chi connectivity index (χ0) is 15.6. The van der Waals surface area contributed by atoms with Crippen molar-refractivity contribution in [3.63, 3.8) is 0 Å². The van der Waals surface area contributed by atoms with E-state index in [0.717, 1.165) is 38.8 Å². The van der Waals surface area contributed by atoms with Crippen molar-refractivity contribution in [1.82, 2.24) is 5.32 Å². The smallest absolute Gasteiger partial charge is 0.305 e. The summed E-state index contributed by atoms with van der Waals surface area (Å²) in [6.07, 6.45) is 6.02. The van der Waals surface area contributed by atoms with E-state index in [0.29, 0.717) is 32.8 Å². The van der Waals surface area contributed by atoms with E-state index in [9.17, 15) is 4.79 Å². The third-order valence-corrected chi connectivity index (χ3v) is 2.86. The largest absolute Gasteiger partial charge is 0.466 e. The van der Waals surface area contributed by atoms with Crippen LogP contribution < -0.4 is 5.32 Å². The van der Waals surface area contributed by atoms with E-state index in [4.69, 9.17) is 15.0 Å². The first kappa shape index (κ1) is 19.7. The van der Waals surface area contributed by atoms with Gasteiger partial charge in [0.25, 0.3) is 0 Å². The second-order valence-corrected chi connectivity index (χ2v) is 4.64. The minimum Gasteiger partial charge on any atom is -0.466 e. The van der Waals surface area contributed by atoms with E-state index in [1.165, 1.54) is 6.42 Å². The summed E-state index contributed by atoms with van der Waals surface area (Å²) in [7, 11) is 0. The number of nitrogens with one attached hydrogen (secondary N) is 1. The molecule has 0 amide bonds. The number of hydrogen-bond acceptors (Lipinski definition) is 5. The SMILES string of the molecule is CCOC(=O)CCCCCCCNCCOCCN=[N+]=[N-]. The van der Waals surface area contributed by atoms with Crippen LogP contribution in [0.3, 0.4) is 0 Å². The van der Waals surface area contributed by atoms with E-state index in [1.54, 1.807) is 0 Å². The fourth-order valence-electron chi connectivity index (χ4n) is 1.80. The summed E-state index contributed by atoms with van der Waals surface area (Å²) in [6.45, 7) is 5.61. The molecule has 0 saturated carbocycles. The van der Waals surface area contributed by atoms with Crippen LogP contribution in [0.5, 0.6) is 0 Å². The monoisotopic (exact) mass is 300 g/mol. The first-order valence-corrected chi connectivity index (χ1v) is 7.76. The molecule has 0 aromatic heterocycles. The predicted molar refractivity (Wildman–Crippen MR) is 82.0 cm³/mol. The van der Waals surface area contributed by atoms with Gasteiger partial charge in [-0.15, -0.1) is 0 Å². The zero-order valence-electron chi connectivity index (χ0n) is 13.1. The van der Waals surface area contributed by atoms with Crippen molar-refractivity contribution in [3.8, 4) is 0 Å². The maximum absolute atomic E-state index is 11.1. The molecule has 122 valence electrons. The summed E-state index contributed by atoms with van der Waals surface area (Å²) in [5.74, 6) is -0.0837. The Morgan fingerprint density at radius 2 is 1.90 bits per heavy atom. The van der Waals surface area contributed by atoms with Gasteiger partial charge in [-0.25, -0.2) is 0 Å². The van der Waals surface area contributed by atoms with Crippen LogP contribution >= 0.6 is 0 Å². The molecule has 0 unspecified atom stereocenters. The van der Waals surface area contributed by atoms with E-state index >= 15 is 0 Å². The second-order valence-electron chi connectivity index (χ2n) is 4.64. The number of carbonyl (C=O) groups excluding carboxylic acids is 1. The van der Waals surface area contributed by atoms with Crippen LogP contribution in [-0.4, -0.2) is 45.4 Å². The fourth-order valence-corrected chi connectivity index (χ4v) is 1.80. The minimum absolute atomic E-state index is 0.0837. The normalized spacial score (nSPS) is 10.1. The van der Waals surface area contributed by atoms with Gasteiger partial charge in [-0.3, -0.25) is 4.79 Å². The lowest BCUT2D eigenvalue weighted by Crippen LogP contribution is -2.21. The van der Waals surface area contributed by atoms with E-state index in [1.807, 2.05) is 6.92 Å². The van der Waals surface area contributed by atoms with Gasteiger partial charge in [0.1, 0.15) is 0 Å². The Bertz CT molecular complexity index is 294. The Morgan fingerprint density at radius 3 is 2.67 bits per heavy atom. The lowest BCUT2D eigenvalue weighted by atomic mass is 10.1. The van der Waals surface area contributed by atoms with Crippen LogP contribution in [0.2, 0.25) is 0 Å². The molecule has 0 rings (SSSR count).